The molecule has 2 aromatic rings. The monoisotopic (exact) mass is 530 g/mol. The van der Waals surface area contributed by atoms with Crippen molar-refractivity contribution >= 4 is 23.3 Å². The van der Waals surface area contributed by atoms with Crippen molar-refractivity contribution in [2.45, 2.75) is 89.6 Å². The van der Waals surface area contributed by atoms with E-state index in [0.29, 0.717) is 5.52 Å². The lowest BCUT2D eigenvalue weighted by molar-refractivity contribution is -0.173. The molecule has 208 valence electrons. The van der Waals surface area contributed by atoms with Crippen LogP contribution < -0.4 is 11.5 Å². The summed E-state index contributed by atoms with van der Waals surface area (Å²) < 4.78 is 12.1. The highest BCUT2D eigenvalue weighted by Crippen LogP contribution is 2.30. The van der Waals surface area contributed by atoms with E-state index in [1.165, 1.54) is 10.8 Å². The maximum atomic E-state index is 12.9. The Morgan fingerprint density at radius 1 is 1.24 bits per heavy atom. The van der Waals surface area contributed by atoms with Crippen LogP contribution in [0.5, 0.6) is 0 Å². The van der Waals surface area contributed by atoms with Gasteiger partial charge in [0.15, 0.2) is 11.9 Å². The number of rotatable bonds is 10. The van der Waals surface area contributed by atoms with E-state index in [4.69, 9.17) is 20.9 Å². The lowest BCUT2D eigenvalue weighted by atomic mass is 9.87. The maximum absolute atomic E-state index is 12.9. The van der Waals surface area contributed by atoms with Gasteiger partial charge in [-0.05, 0) is 36.3 Å². The van der Waals surface area contributed by atoms with Crippen LogP contribution in [-0.4, -0.2) is 67.7 Å². The normalized spacial score (nSPS) is 18.7. The fraction of sp³-hybridized carbons (Fsp3) is 0.654. The maximum Gasteiger partial charge on any atom is 0.323 e. The summed E-state index contributed by atoms with van der Waals surface area (Å²) in [5, 5.41) is 36.3. The molecule has 12 heteroatoms. The molecule has 6 N–H and O–H groups in total. The molecule has 1 saturated carbocycles. The van der Waals surface area contributed by atoms with Gasteiger partial charge in [0.05, 0.1) is 11.8 Å². The van der Waals surface area contributed by atoms with Gasteiger partial charge >= 0.3 is 11.9 Å². The number of nitriles is 1. The Bertz CT molecular complexity index is 1150. The zero-order valence-electron chi connectivity index (χ0n) is 22.1. The van der Waals surface area contributed by atoms with Crippen molar-refractivity contribution < 1.29 is 29.3 Å². The van der Waals surface area contributed by atoms with E-state index in [1.807, 2.05) is 6.07 Å². The predicted octanol–water partition coefficient (Wildman–Crippen LogP) is 1.44. The molecule has 0 spiro atoms. The number of nitrogens with two attached hydrogens (primary N) is 2. The molecule has 5 atom stereocenters. The fourth-order valence-electron chi connectivity index (χ4n) is 4.62. The number of aromatic nitrogens is 3. The number of nitrogen functional groups attached to an aromatic ring is 1. The van der Waals surface area contributed by atoms with Crippen molar-refractivity contribution in [2.24, 2.45) is 17.1 Å². The molecule has 0 amide bonds. The summed E-state index contributed by atoms with van der Waals surface area (Å²) in [5.74, 6) is -2.31. The average Bonchev–Trinajstić information content (AvgIpc) is 3.30. The first-order chi connectivity index (χ1) is 17.9. The van der Waals surface area contributed by atoms with Crippen LogP contribution in [0, 0.1) is 22.7 Å². The zero-order valence-corrected chi connectivity index (χ0v) is 22.1. The number of fused-ring (bicyclic) bond motifs is 1. The molecule has 1 unspecified atom stereocenters. The van der Waals surface area contributed by atoms with Gasteiger partial charge in [-0.1, -0.05) is 40.0 Å². The number of aliphatic hydroxyl groups is 2. The van der Waals surface area contributed by atoms with Gasteiger partial charge < -0.3 is 31.2 Å². The second-order valence-electron chi connectivity index (χ2n) is 11.0. The molecule has 1 fully saturated rings. The third-order valence-corrected chi connectivity index (χ3v) is 7.06. The second-order valence-corrected chi connectivity index (χ2v) is 11.0. The average molecular weight is 531 g/mol. The Morgan fingerprint density at radius 2 is 1.92 bits per heavy atom. The summed E-state index contributed by atoms with van der Waals surface area (Å²) in [7, 11) is 0. The number of hydrogen-bond donors (Lipinski definition) is 4. The second kappa shape index (κ2) is 12.5. The molecule has 38 heavy (non-hydrogen) atoms. The lowest BCUT2D eigenvalue weighted by Gasteiger charge is -2.31. The third kappa shape index (κ3) is 6.98. The fourth-order valence-corrected chi connectivity index (χ4v) is 4.62. The molecule has 0 bridgehead atoms. The molecule has 0 aromatic carbocycles. The van der Waals surface area contributed by atoms with Gasteiger partial charge in [-0.3, -0.25) is 9.59 Å². The molecule has 0 aliphatic heterocycles. The third-order valence-electron chi connectivity index (χ3n) is 7.06. The van der Waals surface area contributed by atoms with E-state index in [1.54, 1.807) is 32.9 Å². The number of nitrogens with zero attached hydrogens (tertiary/aromatic N) is 4. The van der Waals surface area contributed by atoms with Crippen molar-refractivity contribution in [3.05, 3.63) is 24.2 Å². The minimum atomic E-state index is -1.69. The Hall–Kier alpha value is -3.27. The Balaban J connectivity index is 1.82. The standard InChI is InChI=1S/C26H38N6O6/c1-26(2,3)23(28)25(36)37-13-19(33)22(38-20(34)11-15-7-5-4-6-8-15)21(35)16(12-27)17-9-10-18-24(29)30-14-31-32(17)18/h9-10,14-16,19,21-23,33,35H,4-8,11,13,28H2,1-3H3,(H2,29,30,31)/t16?,19-,21+,22-,23-/m1/s1. The minimum absolute atomic E-state index is 0.125. The van der Waals surface area contributed by atoms with Gasteiger partial charge in [0.25, 0.3) is 0 Å². The summed E-state index contributed by atoms with van der Waals surface area (Å²) in [6.07, 6.45) is 1.42. The van der Waals surface area contributed by atoms with Crippen LogP contribution in [0.1, 0.15) is 70.9 Å². The molecule has 0 saturated heterocycles. The summed E-state index contributed by atoms with van der Waals surface area (Å²) in [6, 6.07) is 4.19. The van der Waals surface area contributed by atoms with Gasteiger partial charge in [0.1, 0.15) is 42.6 Å². The molecule has 2 heterocycles. The number of ether oxygens (including phenoxy) is 2. The largest absolute Gasteiger partial charge is 0.462 e. The van der Waals surface area contributed by atoms with Crippen LogP contribution in [0.2, 0.25) is 0 Å². The quantitative estimate of drug-likeness (QED) is 0.324. The zero-order chi connectivity index (χ0) is 28.0. The molecule has 12 nitrogen and oxygen atoms in total. The number of esters is 2. The van der Waals surface area contributed by atoms with Gasteiger partial charge in [-0.15, -0.1) is 0 Å². The van der Waals surface area contributed by atoms with Crippen LogP contribution in [0.3, 0.4) is 0 Å². The van der Waals surface area contributed by atoms with Crippen molar-refractivity contribution in [1.29, 1.82) is 5.26 Å². The van der Waals surface area contributed by atoms with Crippen LogP contribution in [0.15, 0.2) is 18.5 Å². The molecule has 1 aliphatic rings. The van der Waals surface area contributed by atoms with Crippen molar-refractivity contribution in [2.75, 3.05) is 12.3 Å². The highest BCUT2D eigenvalue weighted by Gasteiger charge is 2.40. The van der Waals surface area contributed by atoms with Crippen molar-refractivity contribution in [3.63, 3.8) is 0 Å². The van der Waals surface area contributed by atoms with Crippen LogP contribution in [-0.2, 0) is 19.1 Å². The molecule has 2 aromatic heterocycles. The van der Waals surface area contributed by atoms with Crippen molar-refractivity contribution in [3.8, 4) is 6.07 Å². The van der Waals surface area contributed by atoms with Crippen LogP contribution >= 0.6 is 0 Å². The van der Waals surface area contributed by atoms with Gasteiger partial charge in [-0.2, -0.15) is 10.4 Å². The lowest BCUT2D eigenvalue weighted by Crippen LogP contribution is -2.48. The Kier molecular flexibility index (Phi) is 9.65. The number of anilines is 1. The molecule has 1 aliphatic carbocycles. The minimum Gasteiger partial charge on any atom is -0.462 e. The van der Waals surface area contributed by atoms with Gasteiger partial charge in [-0.25, -0.2) is 9.50 Å². The summed E-state index contributed by atoms with van der Waals surface area (Å²) >= 11 is 0. The van der Waals surface area contributed by atoms with E-state index >= 15 is 0 Å². The first kappa shape index (κ1) is 29.3. The highest BCUT2D eigenvalue weighted by atomic mass is 16.6. The van der Waals surface area contributed by atoms with E-state index in [-0.39, 0.29) is 23.9 Å². The first-order valence-corrected chi connectivity index (χ1v) is 12.9. The van der Waals surface area contributed by atoms with E-state index in [2.05, 4.69) is 10.1 Å². The van der Waals surface area contributed by atoms with Crippen LogP contribution in [0.4, 0.5) is 5.82 Å². The molecule has 0 radical (unpaired) electrons. The number of aliphatic hydroxyl groups excluding tert-OH is 2. The van der Waals surface area contributed by atoms with Gasteiger partial charge in [0, 0.05) is 6.42 Å². The predicted molar refractivity (Wildman–Crippen MR) is 137 cm³/mol. The Morgan fingerprint density at radius 3 is 2.55 bits per heavy atom. The molecular formula is C26H38N6O6. The number of hydrogen-bond acceptors (Lipinski definition) is 11. The number of carbonyl (C=O) groups excluding carboxylic acids is 2. The van der Waals surface area contributed by atoms with E-state index in [0.717, 1.165) is 32.1 Å². The van der Waals surface area contributed by atoms with Crippen LogP contribution in [0.25, 0.3) is 5.52 Å². The SMILES string of the molecule is CC(C)(C)[C@H](N)C(=O)OC[C@@H](O)[C@@H](OC(=O)CC1CCCCC1)[C@@H](O)C(C#N)c1ccc2c(N)ncnn12. The molecular weight excluding hydrogens is 492 g/mol. The first-order valence-electron chi connectivity index (χ1n) is 12.9. The van der Waals surface area contributed by atoms with Crippen molar-refractivity contribution in [1.82, 2.24) is 14.6 Å². The van der Waals surface area contributed by atoms with Gasteiger partial charge in [0.2, 0.25) is 0 Å². The summed E-state index contributed by atoms with van der Waals surface area (Å²) in [4.78, 5) is 29.2. The topological polar surface area (TPSA) is 199 Å². The van der Waals surface area contributed by atoms with E-state index < -0.39 is 54.2 Å². The smallest absolute Gasteiger partial charge is 0.323 e. The highest BCUT2D eigenvalue weighted by molar-refractivity contribution is 5.76. The van der Waals surface area contributed by atoms with E-state index in [9.17, 15) is 25.1 Å². The summed E-state index contributed by atoms with van der Waals surface area (Å²) in [6.45, 7) is 4.71. The summed E-state index contributed by atoms with van der Waals surface area (Å²) in [5.41, 5.74) is 11.9. The number of carbonyl (C=O) groups is 2. The molecule has 3 rings (SSSR count). The Labute approximate surface area is 221 Å².